The van der Waals surface area contributed by atoms with Crippen LogP contribution in [0.1, 0.15) is 36.5 Å². The van der Waals surface area contributed by atoms with Crippen LogP contribution in [0.5, 0.6) is 11.5 Å². The fourth-order valence-electron chi connectivity index (χ4n) is 3.09. The zero-order chi connectivity index (χ0) is 15.0. The van der Waals surface area contributed by atoms with E-state index in [9.17, 15) is 9.90 Å². The van der Waals surface area contributed by atoms with Gasteiger partial charge < -0.3 is 14.6 Å². The minimum Gasteiger partial charge on any atom is -0.493 e. The molecule has 0 aromatic heterocycles. The Morgan fingerprint density at radius 3 is 2.48 bits per heavy atom. The van der Waals surface area contributed by atoms with Crippen molar-refractivity contribution in [2.75, 3.05) is 13.2 Å². The van der Waals surface area contributed by atoms with E-state index in [2.05, 4.69) is 0 Å². The van der Waals surface area contributed by atoms with Crippen LogP contribution in [-0.2, 0) is 24.1 Å². The van der Waals surface area contributed by atoms with Gasteiger partial charge >= 0.3 is 5.97 Å². The highest BCUT2D eigenvalue weighted by molar-refractivity contribution is 6.33. The van der Waals surface area contributed by atoms with Gasteiger partial charge in [0.2, 0.25) is 0 Å². The van der Waals surface area contributed by atoms with Gasteiger partial charge in [-0.15, -0.1) is 0 Å². The van der Waals surface area contributed by atoms with Gasteiger partial charge in [0, 0.05) is 16.7 Å². The molecule has 21 heavy (non-hydrogen) atoms. The Morgan fingerprint density at radius 1 is 1.19 bits per heavy atom. The number of benzene rings is 1. The summed E-state index contributed by atoms with van der Waals surface area (Å²) in [5.41, 5.74) is 3.01. The predicted octanol–water partition coefficient (Wildman–Crippen LogP) is 3.25. The van der Waals surface area contributed by atoms with Crippen LogP contribution in [0.2, 0.25) is 5.02 Å². The number of aliphatic carboxylic acids is 1. The quantitative estimate of drug-likeness (QED) is 0.931. The fourth-order valence-corrected chi connectivity index (χ4v) is 3.44. The zero-order valence-corrected chi connectivity index (χ0v) is 12.8. The number of hydrogen-bond acceptors (Lipinski definition) is 3. The second-order valence-corrected chi connectivity index (χ2v) is 6.13. The molecular formula is C16H19ClO4. The van der Waals surface area contributed by atoms with Crippen molar-refractivity contribution >= 4 is 17.6 Å². The van der Waals surface area contributed by atoms with Gasteiger partial charge in [-0.2, -0.15) is 0 Å². The number of ether oxygens (including phenoxy) is 2. The van der Waals surface area contributed by atoms with E-state index in [0.717, 1.165) is 53.9 Å². The third-order valence-corrected chi connectivity index (χ3v) is 4.62. The van der Waals surface area contributed by atoms with E-state index in [1.807, 2.05) is 0 Å². The molecule has 1 N–H and O–H groups in total. The van der Waals surface area contributed by atoms with Crippen LogP contribution < -0.4 is 9.47 Å². The van der Waals surface area contributed by atoms with Crippen LogP contribution in [-0.4, -0.2) is 24.3 Å². The van der Waals surface area contributed by atoms with E-state index in [-0.39, 0.29) is 0 Å². The van der Waals surface area contributed by atoms with E-state index < -0.39 is 11.9 Å². The Bertz CT molecular complexity index is 545. The minimum atomic E-state index is -0.792. The highest BCUT2D eigenvalue weighted by Gasteiger charge is 2.30. The highest BCUT2D eigenvalue weighted by Crippen LogP contribution is 2.46. The molecule has 1 aromatic carbocycles. The minimum absolute atomic E-state index is 0.452. The van der Waals surface area contributed by atoms with E-state index in [1.54, 1.807) is 6.92 Å². The van der Waals surface area contributed by atoms with Crippen LogP contribution in [0.25, 0.3) is 0 Å². The first-order valence-corrected chi connectivity index (χ1v) is 7.82. The average molecular weight is 311 g/mol. The fraction of sp³-hybridized carbons (Fsp3) is 0.562. The van der Waals surface area contributed by atoms with Gasteiger partial charge in [-0.3, -0.25) is 4.79 Å². The highest BCUT2D eigenvalue weighted by atomic mass is 35.5. The summed E-state index contributed by atoms with van der Waals surface area (Å²) in [7, 11) is 0. The molecule has 2 heterocycles. The van der Waals surface area contributed by atoms with Crippen molar-refractivity contribution in [2.24, 2.45) is 5.92 Å². The van der Waals surface area contributed by atoms with Crippen LogP contribution in [0, 0.1) is 5.92 Å². The lowest BCUT2D eigenvalue weighted by Gasteiger charge is -2.29. The number of rotatable bonds is 3. The Labute approximate surface area is 129 Å². The number of carboxylic acids is 1. The predicted molar refractivity (Wildman–Crippen MR) is 79.6 cm³/mol. The van der Waals surface area contributed by atoms with Gasteiger partial charge in [-0.25, -0.2) is 0 Å². The lowest BCUT2D eigenvalue weighted by molar-refractivity contribution is -0.141. The van der Waals surface area contributed by atoms with E-state index in [0.29, 0.717) is 24.7 Å². The SMILES string of the molecule is CC(Cc1c2c(c(Cl)c3c1OCCC3)OCCC2)C(=O)O. The number of halogens is 1. The second-order valence-electron chi connectivity index (χ2n) is 5.76. The van der Waals surface area contributed by atoms with Crippen LogP contribution >= 0.6 is 11.6 Å². The maximum absolute atomic E-state index is 11.2. The van der Waals surface area contributed by atoms with Crippen LogP contribution in [0.15, 0.2) is 0 Å². The average Bonchev–Trinajstić information content (AvgIpc) is 2.51. The molecule has 1 unspecified atom stereocenters. The molecule has 0 radical (unpaired) electrons. The largest absolute Gasteiger partial charge is 0.493 e. The first-order chi connectivity index (χ1) is 10.1. The van der Waals surface area contributed by atoms with Crippen molar-refractivity contribution in [3.05, 3.63) is 21.7 Å². The summed E-state index contributed by atoms with van der Waals surface area (Å²) in [6.07, 6.45) is 4.04. The Hall–Kier alpha value is -1.42. The molecule has 2 aliphatic rings. The van der Waals surface area contributed by atoms with Crippen molar-refractivity contribution in [1.82, 2.24) is 0 Å². The summed E-state index contributed by atoms with van der Waals surface area (Å²) in [6, 6.07) is 0. The first kappa shape index (κ1) is 14.5. The molecule has 0 bridgehead atoms. The summed E-state index contributed by atoms with van der Waals surface area (Å²) in [5.74, 6) is 0.315. The van der Waals surface area contributed by atoms with E-state index in [1.165, 1.54) is 0 Å². The number of carbonyl (C=O) groups is 1. The van der Waals surface area contributed by atoms with Crippen LogP contribution in [0.3, 0.4) is 0 Å². The molecule has 0 fully saturated rings. The molecule has 3 rings (SSSR count). The van der Waals surface area contributed by atoms with E-state index in [4.69, 9.17) is 21.1 Å². The molecule has 0 spiro atoms. The Morgan fingerprint density at radius 2 is 1.81 bits per heavy atom. The van der Waals surface area contributed by atoms with Gasteiger partial charge in [0.15, 0.2) is 0 Å². The Kier molecular flexibility index (Phi) is 3.98. The molecule has 0 saturated carbocycles. The van der Waals surface area contributed by atoms with Gasteiger partial charge in [-0.1, -0.05) is 18.5 Å². The summed E-state index contributed by atoms with van der Waals surface area (Å²) in [6.45, 7) is 3.06. The van der Waals surface area contributed by atoms with Crippen LogP contribution in [0.4, 0.5) is 0 Å². The molecule has 2 aliphatic heterocycles. The van der Waals surface area contributed by atoms with Gasteiger partial charge in [-0.05, 0) is 32.1 Å². The molecule has 0 saturated heterocycles. The van der Waals surface area contributed by atoms with Crippen molar-refractivity contribution in [3.63, 3.8) is 0 Å². The summed E-state index contributed by atoms with van der Waals surface area (Å²) >= 11 is 6.49. The normalized spacial score (nSPS) is 18.0. The standard InChI is InChI=1S/C16H19ClO4/c1-9(16(18)19)8-12-10-4-2-7-21-15(10)13(17)11-5-3-6-20-14(11)12/h9H,2-8H2,1H3,(H,18,19). The van der Waals surface area contributed by atoms with Crippen molar-refractivity contribution in [2.45, 2.75) is 39.0 Å². The van der Waals surface area contributed by atoms with Gasteiger partial charge in [0.1, 0.15) is 11.5 Å². The molecular weight excluding hydrogens is 292 g/mol. The second kappa shape index (κ2) is 5.76. The topological polar surface area (TPSA) is 55.8 Å². The lowest BCUT2D eigenvalue weighted by atomic mass is 9.88. The molecule has 114 valence electrons. The first-order valence-electron chi connectivity index (χ1n) is 7.44. The monoisotopic (exact) mass is 310 g/mol. The number of fused-ring (bicyclic) bond motifs is 2. The Balaban J connectivity index is 2.13. The molecule has 5 heteroatoms. The molecule has 1 aromatic rings. The third kappa shape index (κ3) is 2.57. The van der Waals surface area contributed by atoms with Crippen molar-refractivity contribution in [3.8, 4) is 11.5 Å². The molecule has 0 amide bonds. The number of carboxylic acid groups (broad SMARTS) is 1. The van der Waals surface area contributed by atoms with Crippen molar-refractivity contribution < 1.29 is 19.4 Å². The maximum Gasteiger partial charge on any atom is 0.306 e. The molecule has 4 nitrogen and oxygen atoms in total. The lowest BCUT2D eigenvalue weighted by Crippen LogP contribution is -2.20. The smallest absolute Gasteiger partial charge is 0.306 e. The maximum atomic E-state index is 11.2. The zero-order valence-electron chi connectivity index (χ0n) is 12.1. The van der Waals surface area contributed by atoms with Gasteiger partial charge in [0.05, 0.1) is 24.2 Å². The molecule has 0 aliphatic carbocycles. The van der Waals surface area contributed by atoms with E-state index >= 15 is 0 Å². The van der Waals surface area contributed by atoms with Crippen molar-refractivity contribution in [1.29, 1.82) is 0 Å². The number of hydrogen-bond donors (Lipinski definition) is 1. The third-order valence-electron chi connectivity index (χ3n) is 4.22. The summed E-state index contributed by atoms with van der Waals surface area (Å²) in [5, 5.41) is 9.87. The van der Waals surface area contributed by atoms with Gasteiger partial charge in [0.25, 0.3) is 0 Å². The molecule has 1 atom stereocenters. The summed E-state index contributed by atoms with van der Waals surface area (Å²) in [4.78, 5) is 11.2. The summed E-state index contributed by atoms with van der Waals surface area (Å²) < 4.78 is 11.6.